The summed E-state index contributed by atoms with van der Waals surface area (Å²) in [4.78, 5) is 14.2. The molecule has 2 aliphatic rings. The van der Waals surface area contributed by atoms with Crippen molar-refractivity contribution in [3.05, 3.63) is 0 Å². The van der Waals surface area contributed by atoms with Crippen molar-refractivity contribution in [2.24, 2.45) is 5.92 Å². The van der Waals surface area contributed by atoms with Crippen LogP contribution in [0.5, 0.6) is 0 Å². The minimum Gasteiger partial charge on any atom is -0.368 e. The fourth-order valence-electron chi connectivity index (χ4n) is 2.30. The first-order chi connectivity index (χ1) is 7.29. The molecule has 1 saturated carbocycles. The van der Waals surface area contributed by atoms with E-state index in [1.165, 1.54) is 19.3 Å². The van der Waals surface area contributed by atoms with Gasteiger partial charge in [0, 0.05) is 19.5 Å². The average Bonchev–Trinajstić information content (AvgIpc) is 2.23. The lowest BCUT2D eigenvalue weighted by Crippen LogP contribution is -2.46. The first kappa shape index (κ1) is 11.1. The number of ether oxygens (including phenoxy) is 1. The molecule has 15 heavy (non-hydrogen) atoms. The van der Waals surface area contributed by atoms with E-state index >= 15 is 0 Å². The SMILES string of the molecule is CCN1CCOC(C(=O)CC2CCC2)C1. The molecule has 86 valence electrons. The zero-order chi connectivity index (χ0) is 10.7. The third-order valence-electron chi connectivity index (χ3n) is 3.67. The quantitative estimate of drug-likeness (QED) is 0.705. The first-order valence-corrected chi connectivity index (χ1v) is 6.16. The Labute approximate surface area is 91.8 Å². The van der Waals surface area contributed by atoms with E-state index in [1.807, 2.05) is 0 Å². The molecule has 3 nitrogen and oxygen atoms in total. The summed E-state index contributed by atoms with van der Waals surface area (Å²) in [7, 11) is 0. The molecule has 3 heteroatoms. The number of likely N-dealkylation sites (N-methyl/N-ethyl adjacent to an activating group) is 1. The van der Waals surface area contributed by atoms with Gasteiger partial charge in [0.2, 0.25) is 0 Å². The maximum atomic E-state index is 11.9. The van der Waals surface area contributed by atoms with Crippen LogP contribution in [0.1, 0.15) is 32.6 Å². The van der Waals surface area contributed by atoms with Gasteiger partial charge in [0.05, 0.1) is 6.61 Å². The third-order valence-corrected chi connectivity index (χ3v) is 3.67. The van der Waals surface area contributed by atoms with Crippen LogP contribution in [-0.4, -0.2) is 43.0 Å². The van der Waals surface area contributed by atoms with Crippen LogP contribution in [0.15, 0.2) is 0 Å². The highest BCUT2D eigenvalue weighted by Crippen LogP contribution is 2.30. The predicted molar refractivity (Wildman–Crippen MR) is 58.8 cm³/mol. The van der Waals surface area contributed by atoms with Crippen molar-refractivity contribution in [2.75, 3.05) is 26.2 Å². The largest absolute Gasteiger partial charge is 0.368 e. The molecule has 1 saturated heterocycles. The van der Waals surface area contributed by atoms with E-state index < -0.39 is 0 Å². The van der Waals surface area contributed by atoms with Crippen LogP contribution in [0, 0.1) is 5.92 Å². The van der Waals surface area contributed by atoms with Crippen LogP contribution < -0.4 is 0 Å². The van der Waals surface area contributed by atoms with Gasteiger partial charge in [-0.15, -0.1) is 0 Å². The van der Waals surface area contributed by atoms with E-state index in [-0.39, 0.29) is 6.10 Å². The number of nitrogens with zero attached hydrogens (tertiary/aromatic N) is 1. The highest BCUT2D eigenvalue weighted by atomic mass is 16.5. The first-order valence-electron chi connectivity index (χ1n) is 6.16. The summed E-state index contributed by atoms with van der Waals surface area (Å²) in [6.07, 6.45) is 4.41. The summed E-state index contributed by atoms with van der Waals surface area (Å²) >= 11 is 0. The second-order valence-corrected chi connectivity index (χ2v) is 4.72. The Morgan fingerprint density at radius 3 is 2.87 bits per heavy atom. The number of hydrogen-bond donors (Lipinski definition) is 0. The molecular weight excluding hydrogens is 190 g/mol. The van der Waals surface area contributed by atoms with Crippen molar-refractivity contribution in [1.82, 2.24) is 4.90 Å². The Bertz CT molecular complexity index is 226. The summed E-state index contributed by atoms with van der Waals surface area (Å²) in [5, 5.41) is 0. The van der Waals surface area contributed by atoms with Crippen molar-refractivity contribution in [3.8, 4) is 0 Å². The molecule has 0 amide bonds. The van der Waals surface area contributed by atoms with E-state index in [0.717, 1.165) is 32.7 Å². The van der Waals surface area contributed by atoms with Crippen LogP contribution in [0.25, 0.3) is 0 Å². The maximum absolute atomic E-state index is 11.9. The topological polar surface area (TPSA) is 29.5 Å². The van der Waals surface area contributed by atoms with Gasteiger partial charge in [-0.2, -0.15) is 0 Å². The second-order valence-electron chi connectivity index (χ2n) is 4.72. The molecule has 0 N–H and O–H groups in total. The van der Waals surface area contributed by atoms with E-state index in [2.05, 4.69) is 11.8 Å². The minimum absolute atomic E-state index is 0.140. The summed E-state index contributed by atoms with van der Waals surface area (Å²) in [6.45, 7) is 5.66. The van der Waals surface area contributed by atoms with Gasteiger partial charge in [-0.25, -0.2) is 0 Å². The molecule has 2 fully saturated rings. The number of morpholine rings is 1. The monoisotopic (exact) mass is 211 g/mol. The fraction of sp³-hybridized carbons (Fsp3) is 0.917. The summed E-state index contributed by atoms with van der Waals surface area (Å²) in [5.74, 6) is 0.996. The van der Waals surface area contributed by atoms with Crippen LogP contribution >= 0.6 is 0 Å². The van der Waals surface area contributed by atoms with Crippen LogP contribution in [0.2, 0.25) is 0 Å². The standard InChI is InChI=1S/C12H21NO2/c1-2-13-6-7-15-12(9-13)11(14)8-10-4-3-5-10/h10,12H,2-9H2,1H3. The molecular formula is C12H21NO2. The number of Topliss-reactive ketones (excluding diaryl/α,β-unsaturated/α-hetero) is 1. The van der Waals surface area contributed by atoms with Crippen LogP contribution in [0.3, 0.4) is 0 Å². The van der Waals surface area contributed by atoms with Gasteiger partial charge < -0.3 is 4.74 Å². The molecule has 0 bridgehead atoms. The van der Waals surface area contributed by atoms with Crippen molar-refractivity contribution in [2.45, 2.75) is 38.7 Å². The lowest BCUT2D eigenvalue weighted by atomic mass is 9.81. The van der Waals surface area contributed by atoms with E-state index in [1.54, 1.807) is 0 Å². The Balaban J connectivity index is 1.78. The molecule has 1 heterocycles. The lowest BCUT2D eigenvalue weighted by molar-refractivity contribution is -0.137. The molecule has 2 rings (SSSR count). The lowest BCUT2D eigenvalue weighted by Gasteiger charge is -2.33. The van der Waals surface area contributed by atoms with Crippen LogP contribution in [-0.2, 0) is 9.53 Å². The van der Waals surface area contributed by atoms with Gasteiger partial charge >= 0.3 is 0 Å². The van der Waals surface area contributed by atoms with Crippen molar-refractivity contribution >= 4 is 5.78 Å². The van der Waals surface area contributed by atoms with Gasteiger partial charge in [0.1, 0.15) is 6.10 Å². The number of carbonyl (C=O) groups is 1. The molecule has 0 radical (unpaired) electrons. The Kier molecular flexibility index (Phi) is 3.76. The van der Waals surface area contributed by atoms with E-state index in [4.69, 9.17) is 4.74 Å². The van der Waals surface area contributed by atoms with Crippen molar-refractivity contribution in [3.63, 3.8) is 0 Å². The Morgan fingerprint density at radius 2 is 2.27 bits per heavy atom. The predicted octanol–water partition coefficient (Wildman–Crippen LogP) is 1.47. The fourth-order valence-corrected chi connectivity index (χ4v) is 2.30. The smallest absolute Gasteiger partial charge is 0.163 e. The third kappa shape index (κ3) is 2.79. The molecule has 0 aromatic rings. The zero-order valence-corrected chi connectivity index (χ0v) is 9.58. The number of carbonyl (C=O) groups excluding carboxylic acids is 1. The molecule has 0 spiro atoms. The Morgan fingerprint density at radius 1 is 1.47 bits per heavy atom. The highest BCUT2D eigenvalue weighted by Gasteiger charge is 2.29. The molecule has 1 unspecified atom stereocenters. The summed E-state index contributed by atoms with van der Waals surface area (Å²) < 4.78 is 5.55. The van der Waals surface area contributed by atoms with Gasteiger partial charge in [0.15, 0.2) is 5.78 Å². The van der Waals surface area contributed by atoms with Gasteiger partial charge in [0.25, 0.3) is 0 Å². The number of ketones is 1. The van der Waals surface area contributed by atoms with Gasteiger partial charge in [-0.3, -0.25) is 9.69 Å². The number of hydrogen-bond acceptors (Lipinski definition) is 3. The van der Waals surface area contributed by atoms with Crippen molar-refractivity contribution in [1.29, 1.82) is 0 Å². The van der Waals surface area contributed by atoms with Gasteiger partial charge in [-0.05, 0) is 12.5 Å². The van der Waals surface area contributed by atoms with E-state index in [0.29, 0.717) is 11.7 Å². The van der Waals surface area contributed by atoms with Gasteiger partial charge in [-0.1, -0.05) is 26.2 Å². The van der Waals surface area contributed by atoms with Crippen LogP contribution in [0.4, 0.5) is 0 Å². The molecule has 1 aliphatic heterocycles. The Hall–Kier alpha value is -0.410. The molecule has 1 aliphatic carbocycles. The zero-order valence-electron chi connectivity index (χ0n) is 9.58. The second kappa shape index (κ2) is 5.08. The maximum Gasteiger partial charge on any atom is 0.163 e. The molecule has 0 aromatic heterocycles. The minimum atomic E-state index is -0.140. The highest BCUT2D eigenvalue weighted by molar-refractivity contribution is 5.83. The average molecular weight is 211 g/mol. The summed E-state index contributed by atoms with van der Waals surface area (Å²) in [6, 6.07) is 0. The summed E-state index contributed by atoms with van der Waals surface area (Å²) in [5.41, 5.74) is 0. The normalized spacial score (nSPS) is 28.7. The molecule has 0 aromatic carbocycles. The molecule has 1 atom stereocenters. The van der Waals surface area contributed by atoms with Crippen molar-refractivity contribution < 1.29 is 9.53 Å². The number of rotatable bonds is 4. The van der Waals surface area contributed by atoms with E-state index in [9.17, 15) is 4.79 Å².